The van der Waals surface area contributed by atoms with Crippen molar-refractivity contribution in [2.75, 3.05) is 25.1 Å². The molecule has 3 aromatic rings. The van der Waals surface area contributed by atoms with Gasteiger partial charge in [0.25, 0.3) is 5.91 Å². The van der Waals surface area contributed by atoms with Gasteiger partial charge < -0.3 is 19.5 Å². The number of nitrogens with zero attached hydrogens (tertiary/aromatic N) is 2. The van der Waals surface area contributed by atoms with Gasteiger partial charge in [-0.3, -0.25) is 15.1 Å². The first kappa shape index (κ1) is 24.6. The molecule has 178 valence electrons. The maximum absolute atomic E-state index is 13.1. The number of hydrogen-bond donors (Lipinski definition) is 2. The quantitative estimate of drug-likeness (QED) is 0.336. The summed E-state index contributed by atoms with van der Waals surface area (Å²) >= 11 is 0. The Balaban J connectivity index is 1.86. The molecule has 1 aromatic heterocycles. The lowest BCUT2D eigenvalue weighted by atomic mass is 10.2. The van der Waals surface area contributed by atoms with Crippen LogP contribution < -0.4 is 24.8 Å². The number of anilines is 1. The summed E-state index contributed by atoms with van der Waals surface area (Å²) < 4.78 is 17.0. The van der Waals surface area contributed by atoms with Crippen LogP contribution in [-0.4, -0.2) is 36.7 Å². The summed E-state index contributed by atoms with van der Waals surface area (Å²) in [6, 6.07) is 16.3. The topological polar surface area (TPSA) is 94.1 Å². The van der Waals surface area contributed by atoms with E-state index in [1.807, 2.05) is 57.2 Å². The van der Waals surface area contributed by atoms with E-state index < -0.39 is 0 Å². The van der Waals surface area contributed by atoms with Gasteiger partial charge in [-0.2, -0.15) is 0 Å². The van der Waals surface area contributed by atoms with Gasteiger partial charge in [-0.25, -0.2) is 4.99 Å². The summed E-state index contributed by atoms with van der Waals surface area (Å²) in [6.07, 6.45) is 3.41. The number of nitrogens with one attached hydrogen (secondary N) is 2. The molecule has 1 heterocycles. The second-order valence-corrected chi connectivity index (χ2v) is 7.06. The minimum Gasteiger partial charge on any atom is -0.492 e. The summed E-state index contributed by atoms with van der Waals surface area (Å²) in [5, 5.41) is 6.07. The fourth-order valence-electron chi connectivity index (χ4n) is 3.12. The van der Waals surface area contributed by atoms with Crippen molar-refractivity contribution in [3.8, 4) is 17.2 Å². The van der Waals surface area contributed by atoms with E-state index in [-0.39, 0.29) is 5.91 Å². The van der Waals surface area contributed by atoms with Gasteiger partial charge in [0, 0.05) is 18.0 Å². The smallest absolute Gasteiger partial charge is 0.258 e. The number of rotatable bonds is 10. The molecule has 1 amide bonds. The molecule has 0 saturated heterocycles. The van der Waals surface area contributed by atoms with Gasteiger partial charge in [-0.1, -0.05) is 12.1 Å². The van der Waals surface area contributed by atoms with Crippen LogP contribution in [0.5, 0.6) is 17.2 Å². The first-order valence-corrected chi connectivity index (χ1v) is 11.3. The molecule has 0 bridgehead atoms. The third-order valence-electron chi connectivity index (χ3n) is 4.65. The zero-order valence-corrected chi connectivity index (χ0v) is 19.7. The number of benzene rings is 2. The second kappa shape index (κ2) is 12.8. The molecule has 0 spiro atoms. The predicted molar refractivity (Wildman–Crippen MR) is 133 cm³/mol. The Morgan fingerprint density at radius 1 is 0.853 bits per heavy atom. The van der Waals surface area contributed by atoms with Crippen LogP contribution in [0.25, 0.3) is 0 Å². The number of aromatic nitrogens is 1. The number of carbonyl (C=O) groups excluding carboxylic acids is 1. The van der Waals surface area contributed by atoms with Crippen LogP contribution in [0.4, 0.5) is 5.69 Å². The number of para-hydroxylation sites is 2. The van der Waals surface area contributed by atoms with E-state index >= 15 is 0 Å². The lowest BCUT2D eigenvalue weighted by Gasteiger charge is -2.16. The molecule has 2 N–H and O–H groups in total. The molecule has 0 unspecified atom stereocenters. The van der Waals surface area contributed by atoms with Crippen LogP contribution in [0.15, 0.2) is 72.0 Å². The van der Waals surface area contributed by atoms with Gasteiger partial charge in [-0.15, -0.1) is 0 Å². The monoisotopic (exact) mass is 462 g/mol. The number of carbonyl (C=O) groups is 1. The highest BCUT2D eigenvalue weighted by molar-refractivity contribution is 6.10. The molecule has 0 atom stereocenters. The Kier molecular flexibility index (Phi) is 9.28. The van der Waals surface area contributed by atoms with Gasteiger partial charge >= 0.3 is 0 Å². The number of pyridine rings is 1. The lowest BCUT2D eigenvalue weighted by Crippen LogP contribution is -2.36. The molecule has 0 aliphatic rings. The number of hydrogen-bond acceptors (Lipinski definition) is 6. The second-order valence-electron chi connectivity index (χ2n) is 7.06. The van der Waals surface area contributed by atoms with Crippen molar-refractivity contribution in [3.63, 3.8) is 0 Å². The predicted octanol–water partition coefficient (Wildman–Crippen LogP) is 4.68. The molecule has 0 radical (unpaired) electrons. The largest absolute Gasteiger partial charge is 0.492 e. The summed E-state index contributed by atoms with van der Waals surface area (Å²) in [5.41, 5.74) is 2.07. The van der Waals surface area contributed by atoms with Crippen molar-refractivity contribution in [3.05, 3.63) is 78.1 Å². The molecule has 0 aliphatic carbocycles. The van der Waals surface area contributed by atoms with Crippen molar-refractivity contribution in [2.45, 2.75) is 27.3 Å². The standard InChI is InChI=1S/C26H30N4O4/c1-4-32-22-10-8-7-9-21(22)29-26(28-18-19-13-15-27-16-14-19)30-25(31)20-11-12-23(33-5-2)24(17-20)34-6-3/h7-17H,4-6,18H2,1-3H3,(H2,28,29,30,31). The van der Waals surface area contributed by atoms with Gasteiger partial charge in [0.05, 0.1) is 32.1 Å². The third-order valence-corrected chi connectivity index (χ3v) is 4.65. The first-order valence-electron chi connectivity index (χ1n) is 11.3. The van der Waals surface area contributed by atoms with E-state index in [0.29, 0.717) is 60.8 Å². The molecule has 0 fully saturated rings. The normalized spacial score (nSPS) is 11.0. The fourth-order valence-corrected chi connectivity index (χ4v) is 3.12. The number of aliphatic imine (C=N–C) groups is 1. The maximum atomic E-state index is 13.1. The molecular weight excluding hydrogens is 432 g/mol. The Morgan fingerprint density at radius 2 is 1.53 bits per heavy atom. The van der Waals surface area contributed by atoms with E-state index in [4.69, 9.17) is 14.2 Å². The Bertz CT molecular complexity index is 1100. The summed E-state index contributed by atoms with van der Waals surface area (Å²) in [5.74, 6) is 1.73. The van der Waals surface area contributed by atoms with Gasteiger partial charge in [0.2, 0.25) is 5.96 Å². The van der Waals surface area contributed by atoms with Crippen LogP contribution in [0.3, 0.4) is 0 Å². The fraction of sp³-hybridized carbons (Fsp3) is 0.269. The van der Waals surface area contributed by atoms with E-state index in [9.17, 15) is 4.79 Å². The lowest BCUT2D eigenvalue weighted by molar-refractivity contribution is 0.0976. The molecular formula is C26H30N4O4. The average molecular weight is 463 g/mol. The Labute approximate surface area is 200 Å². The van der Waals surface area contributed by atoms with Crippen LogP contribution in [-0.2, 0) is 6.54 Å². The highest BCUT2D eigenvalue weighted by Gasteiger charge is 2.15. The van der Waals surface area contributed by atoms with Gasteiger partial charge in [0.15, 0.2) is 11.5 Å². The van der Waals surface area contributed by atoms with Crippen LogP contribution >= 0.6 is 0 Å². The van der Waals surface area contributed by atoms with Crippen molar-refractivity contribution in [1.29, 1.82) is 0 Å². The van der Waals surface area contributed by atoms with Gasteiger partial charge in [-0.05, 0) is 68.8 Å². The molecule has 8 nitrogen and oxygen atoms in total. The Hall–Kier alpha value is -4.07. The summed E-state index contributed by atoms with van der Waals surface area (Å²) in [7, 11) is 0. The highest BCUT2D eigenvalue weighted by Crippen LogP contribution is 2.28. The first-order chi connectivity index (χ1) is 16.6. The van der Waals surface area contributed by atoms with E-state index in [1.165, 1.54) is 0 Å². The summed E-state index contributed by atoms with van der Waals surface area (Å²) in [4.78, 5) is 21.8. The minimum absolute atomic E-state index is 0.292. The zero-order chi connectivity index (χ0) is 24.2. The minimum atomic E-state index is -0.334. The van der Waals surface area contributed by atoms with Gasteiger partial charge in [0.1, 0.15) is 5.75 Å². The average Bonchev–Trinajstić information content (AvgIpc) is 2.86. The number of guanidine groups is 1. The molecule has 0 saturated carbocycles. The number of ether oxygens (including phenoxy) is 3. The number of amides is 1. The van der Waals surface area contributed by atoms with E-state index in [2.05, 4.69) is 20.6 Å². The molecule has 8 heteroatoms. The van der Waals surface area contributed by atoms with E-state index in [0.717, 1.165) is 5.56 Å². The van der Waals surface area contributed by atoms with Crippen molar-refractivity contribution >= 4 is 17.6 Å². The SMILES string of the molecule is CCOc1ccccc1NC(=NCc1ccncc1)NC(=O)c1ccc(OCC)c(OCC)c1. The van der Waals surface area contributed by atoms with Crippen LogP contribution in [0.1, 0.15) is 36.7 Å². The van der Waals surface area contributed by atoms with Crippen molar-refractivity contribution < 1.29 is 19.0 Å². The molecule has 0 aliphatic heterocycles. The molecule has 3 rings (SSSR count). The Morgan fingerprint density at radius 3 is 2.26 bits per heavy atom. The van der Waals surface area contributed by atoms with Crippen molar-refractivity contribution in [1.82, 2.24) is 10.3 Å². The summed E-state index contributed by atoms with van der Waals surface area (Å²) in [6.45, 7) is 7.52. The molecule has 34 heavy (non-hydrogen) atoms. The zero-order valence-electron chi connectivity index (χ0n) is 19.7. The third kappa shape index (κ3) is 6.96. The van der Waals surface area contributed by atoms with Crippen LogP contribution in [0.2, 0.25) is 0 Å². The highest BCUT2D eigenvalue weighted by atomic mass is 16.5. The van der Waals surface area contributed by atoms with Crippen molar-refractivity contribution in [2.24, 2.45) is 4.99 Å². The maximum Gasteiger partial charge on any atom is 0.258 e. The van der Waals surface area contributed by atoms with E-state index in [1.54, 1.807) is 30.6 Å². The van der Waals surface area contributed by atoms with Crippen LogP contribution in [0, 0.1) is 0 Å². The molecule has 2 aromatic carbocycles.